The van der Waals surface area contributed by atoms with Crippen molar-refractivity contribution >= 4 is 23.2 Å². The predicted molar refractivity (Wildman–Crippen MR) is 118 cm³/mol. The molecular formula is C25H23FN2O2S. The van der Waals surface area contributed by atoms with Gasteiger partial charge in [0.05, 0.1) is 6.04 Å². The van der Waals surface area contributed by atoms with E-state index in [0.717, 1.165) is 24.8 Å². The third-order valence-corrected chi connectivity index (χ3v) is 7.02. The number of rotatable bonds is 5. The summed E-state index contributed by atoms with van der Waals surface area (Å²) in [7, 11) is 0. The van der Waals surface area contributed by atoms with Gasteiger partial charge in [-0.1, -0.05) is 36.4 Å². The largest absolute Gasteiger partial charge is 0.330 e. The monoisotopic (exact) mass is 434 g/mol. The average molecular weight is 435 g/mol. The van der Waals surface area contributed by atoms with E-state index in [9.17, 15) is 14.0 Å². The van der Waals surface area contributed by atoms with Crippen LogP contribution in [0, 0.1) is 5.82 Å². The molecule has 5 rings (SSSR count). The van der Waals surface area contributed by atoms with Crippen molar-refractivity contribution in [2.75, 3.05) is 13.1 Å². The zero-order valence-electron chi connectivity index (χ0n) is 17.0. The van der Waals surface area contributed by atoms with Gasteiger partial charge in [-0.3, -0.25) is 9.59 Å². The van der Waals surface area contributed by atoms with E-state index in [0.29, 0.717) is 6.54 Å². The van der Waals surface area contributed by atoms with Crippen LogP contribution in [0.2, 0.25) is 0 Å². The maximum absolute atomic E-state index is 13.7. The highest BCUT2D eigenvalue weighted by molar-refractivity contribution is 7.10. The van der Waals surface area contributed by atoms with Crippen LogP contribution in [-0.4, -0.2) is 40.7 Å². The van der Waals surface area contributed by atoms with Gasteiger partial charge in [-0.25, -0.2) is 4.39 Å². The third kappa shape index (κ3) is 4.00. The summed E-state index contributed by atoms with van der Waals surface area (Å²) in [5.41, 5.74) is 2.54. The van der Waals surface area contributed by atoms with Gasteiger partial charge >= 0.3 is 0 Å². The summed E-state index contributed by atoms with van der Waals surface area (Å²) in [6.07, 6.45) is 2.58. The lowest BCUT2D eigenvalue weighted by molar-refractivity contribution is -0.134. The fourth-order valence-electron chi connectivity index (χ4n) is 4.36. The molecule has 158 valence electrons. The van der Waals surface area contributed by atoms with Crippen molar-refractivity contribution in [1.82, 2.24) is 9.80 Å². The Balaban J connectivity index is 1.42. The number of benzene rings is 2. The number of amides is 2. The Morgan fingerprint density at radius 1 is 1.06 bits per heavy atom. The lowest BCUT2D eigenvalue weighted by Gasteiger charge is -2.37. The highest BCUT2D eigenvalue weighted by atomic mass is 32.1. The minimum Gasteiger partial charge on any atom is -0.330 e. The van der Waals surface area contributed by atoms with Gasteiger partial charge < -0.3 is 9.80 Å². The van der Waals surface area contributed by atoms with Crippen molar-refractivity contribution in [2.45, 2.75) is 31.3 Å². The average Bonchev–Trinajstić information content (AvgIpc) is 3.52. The first-order chi connectivity index (χ1) is 15.1. The van der Waals surface area contributed by atoms with Crippen molar-refractivity contribution in [3.05, 3.63) is 93.4 Å². The highest BCUT2D eigenvalue weighted by Gasteiger charge is 2.38. The van der Waals surface area contributed by atoms with Crippen LogP contribution in [0.3, 0.4) is 0 Å². The number of halogens is 1. The second-order valence-electron chi connectivity index (χ2n) is 8.12. The third-order valence-electron chi connectivity index (χ3n) is 6.03. The number of hydrogen-bond donors (Lipinski definition) is 0. The van der Waals surface area contributed by atoms with Crippen LogP contribution < -0.4 is 0 Å². The molecule has 2 aliphatic rings. The first kappa shape index (κ1) is 19.9. The van der Waals surface area contributed by atoms with Crippen molar-refractivity contribution in [3.8, 4) is 0 Å². The van der Waals surface area contributed by atoms with Gasteiger partial charge in [0.1, 0.15) is 12.4 Å². The smallest absolute Gasteiger partial charge is 0.254 e. The summed E-state index contributed by atoms with van der Waals surface area (Å²) >= 11 is 1.73. The molecule has 0 saturated heterocycles. The Morgan fingerprint density at radius 2 is 1.87 bits per heavy atom. The molecule has 4 nitrogen and oxygen atoms in total. The molecule has 1 aliphatic heterocycles. The number of fused-ring (bicyclic) bond motifs is 1. The Kier molecular flexibility index (Phi) is 5.32. The van der Waals surface area contributed by atoms with E-state index in [2.05, 4.69) is 11.4 Å². The molecule has 3 aromatic rings. The number of thiophene rings is 1. The van der Waals surface area contributed by atoms with Gasteiger partial charge in [0, 0.05) is 23.0 Å². The SMILES string of the molecule is O=C(c1cccc(F)c1)N(CC(=O)N1CCc2sccc2C1c1ccccc1)C1CC1. The Morgan fingerprint density at radius 3 is 2.61 bits per heavy atom. The van der Waals surface area contributed by atoms with E-state index >= 15 is 0 Å². The maximum Gasteiger partial charge on any atom is 0.254 e. The minimum atomic E-state index is -0.446. The molecular weight excluding hydrogens is 411 g/mol. The lowest BCUT2D eigenvalue weighted by Crippen LogP contribution is -2.47. The van der Waals surface area contributed by atoms with Gasteiger partial charge in [-0.15, -0.1) is 11.3 Å². The molecule has 1 unspecified atom stereocenters. The normalized spacial score (nSPS) is 17.8. The second-order valence-corrected chi connectivity index (χ2v) is 9.12. The highest BCUT2D eigenvalue weighted by Crippen LogP contribution is 2.38. The van der Waals surface area contributed by atoms with Crippen molar-refractivity contribution in [3.63, 3.8) is 0 Å². The molecule has 0 radical (unpaired) electrons. The number of carbonyl (C=O) groups is 2. The van der Waals surface area contributed by atoms with Crippen LogP contribution in [0.5, 0.6) is 0 Å². The molecule has 2 amide bonds. The summed E-state index contributed by atoms with van der Waals surface area (Å²) in [4.78, 5) is 31.5. The second kappa shape index (κ2) is 8.27. The van der Waals surface area contributed by atoms with Crippen LogP contribution in [0.15, 0.2) is 66.0 Å². The topological polar surface area (TPSA) is 40.6 Å². The Hall–Kier alpha value is -2.99. The van der Waals surface area contributed by atoms with E-state index in [1.807, 2.05) is 35.2 Å². The van der Waals surface area contributed by atoms with Crippen LogP contribution in [0.25, 0.3) is 0 Å². The fourth-order valence-corrected chi connectivity index (χ4v) is 5.26. The minimum absolute atomic E-state index is 0.0167. The standard InChI is InChI=1S/C25H23FN2O2S/c26-19-8-4-7-18(15-19)25(30)28(20-9-10-20)16-23(29)27-13-11-22-21(12-14-31-22)24(27)17-5-2-1-3-6-17/h1-8,12,14-15,20,24H,9-11,13,16H2. The molecule has 2 heterocycles. The molecule has 1 aromatic heterocycles. The molecule has 2 aromatic carbocycles. The summed E-state index contributed by atoms with van der Waals surface area (Å²) in [6, 6.07) is 17.8. The van der Waals surface area contributed by atoms with Crippen LogP contribution in [0.1, 0.15) is 45.2 Å². The molecule has 6 heteroatoms. The fraction of sp³-hybridized carbons (Fsp3) is 0.280. The zero-order chi connectivity index (χ0) is 21.4. The first-order valence-corrected chi connectivity index (χ1v) is 11.5. The van der Waals surface area contributed by atoms with Crippen molar-refractivity contribution in [2.24, 2.45) is 0 Å². The molecule has 1 atom stereocenters. The first-order valence-electron chi connectivity index (χ1n) is 10.6. The number of nitrogens with zero attached hydrogens (tertiary/aromatic N) is 2. The van der Waals surface area contributed by atoms with Gasteiger partial charge in [0.2, 0.25) is 5.91 Å². The van der Waals surface area contributed by atoms with Gasteiger partial charge in [0.15, 0.2) is 0 Å². The number of carbonyl (C=O) groups excluding carboxylic acids is 2. The molecule has 1 fully saturated rings. The predicted octanol–water partition coefficient (Wildman–Crippen LogP) is 4.67. The van der Waals surface area contributed by atoms with Crippen molar-refractivity contribution in [1.29, 1.82) is 0 Å². The summed E-state index contributed by atoms with van der Waals surface area (Å²) in [5.74, 6) is -0.791. The molecule has 0 spiro atoms. The van der Waals surface area contributed by atoms with Gasteiger partial charge in [-0.2, -0.15) is 0 Å². The summed E-state index contributed by atoms with van der Waals surface area (Å²) in [6.45, 7) is 0.640. The van der Waals surface area contributed by atoms with Crippen molar-refractivity contribution < 1.29 is 14.0 Å². The van der Waals surface area contributed by atoms with Crippen LogP contribution >= 0.6 is 11.3 Å². The van der Waals surface area contributed by atoms with E-state index in [4.69, 9.17) is 0 Å². The Labute approximate surface area is 184 Å². The summed E-state index contributed by atoms with van der Waals surface area (Å²) < 4.78 is 13.7. The van der Waals surface area contributed by atoms with E-state index in [1.54, 1.807) is 22.3 Å². The van der Waals surface area contributed by atoms with E-state index in [-0.39, 0.29) is 36.0 Å². The molecule has 0 N–H and O–H groups in total. The maximum atomic E-state index is 13.7. The van der Waals surface area contributed by atoms with E-state index < -0.39 is 5.82 Å². The van der Waals surface area contributed by atoms with Crippen LogP contribution in [0.4, 0.5) is 4.39 Å². The Bertz CT molecular complexity index is 1110. The molecule has 0 bridgehead atoms. The van der Waals surface area contributed by atoms with Crippen LogP contribution in [-0.2, 0) is 11.2 Å². The molecule has 31 heavy (non-hydrogen) atoms. The van der Waals surface area contributed by atoms with E-state index in [1.165, 1.54) is 28.6 Å². The molecule has 1 saturated carbocycles. The summed E-state index contributed by atoms with van der Waals surface area (Å²) in [5, 5.41) is 2.08. The lowest BCUT2D eigenvalue weighted by atomic mass is 9.93. The number of hydrogen-bond acceptors (Lipinski definition) is 3. The van der Waals surface area contributed by atoms with Gasteiger partial charge in [0.25, 0.3) is 5.91 Å². The quantitative estimate of drug-likeness (QED) is 0.586. The zero-order valence-corrected chi connectivity index (χ0v) is 17.9. The van der Waals surface area contributed by atoms with Gasteiger partial charge in [-0.05, 0) is 60.0 Å². The molecule has 1 aliphatic carbocycles.